The van der Waals surface area contributed by atoms with Crippen molar-refractivity contribution in [1.29, 1.82) is 5.26 Å². The van der Waals surface area contributed by atoms with Gasteiger partial charge in [-0.1, -0.05) is 25.1 Å². The normalized spacial score (nSPS) is 13.6. The highest BCUT2D eigenvalue weighted by Gasteiger charge is 2.24. The lowest BCUT2D eigenvalue weighted by molar-refractivity contribution is 0.253. The van der Waals surface area contributed by atoms with Crippen molar-refractivity contribution in [3.8, 4) is 11.8 Å². The van der Waals surface area contributed by atoms with Crippen LogP contribution in [0.3, 0.4) is 0 Å². The number of nitriles is 1. The predicted molar refractivity (Wildman–Crippen MR) is 74.8 cm³/mol. The van der Waals surface area contributed by atoms with Crippen molar-refractivity contribution >= 4 is 0 Å². The minimum absolute atomic E-state index is 0.0240. The lowest BCUT2D eigenvalue weighted by Gasteiger charge is -2.24. The topological polar surface area (TPSA) is 65.3 Å². The Labute approximate surface area is 115 Å². The van der Waals surface area contributed by atoms with Crippen LogP contribution in [0.4, 0.5) is 0 Å². The summed E-state index contributed by atoms with van der Waals surface area (Å²) in [4.78, 5) is 0. The number of hydrogen-bond acceptors (Lipinski definition) is 4. The summed E-state index contributed by atoms with van der Waals surface area (Å²) in [5.74, 6) is 0.716. The summed E-state index contributed by atoms with van der Waals surface area (Å²) < 4.78 is 5.66. The van der Waals surface area contributed by atoms with Crippen LogP contribution in [-0.2, 0) is 6.61 Å². The Kier molecular flexibility index (Phi) is 6.34. The van der Waals surface area contributed by atoms with Gasteiger partial charge >= 0.3 is 0 Å². The molecular weight excluding hydrogens is 240 g/mol. The molecule has 0 aromatic heterocycles. The van der Waals surface area contributed by atoms with E-state index in [1.807, 2.05) is 38.2 Å². The molecule has 0 heterocycles. The molecule has 2 N–H and O–H groups in total. The van der Waals surface area contributed by atoms with Gasteiger partial charge < -0.3 is 15.2 Å². The molecular formula is C15H22N2O2. The highest BCUT2D eigenvalue weighted by Crippen LogP contribution is 2.20. The molecule has 1 aromatic carbocycles. The Balaban J connectivity index is 2.45. The molecule has 1 atom stereocenters. The minimum atomic E-state index is -0.458. The molecule has 0 amide bonds. The van der Waals surface area contributed by atoms with Crippen LogP contribution in [-0.4, -0.2) is 24.3 Å². The largest absolute Gasteiger partial charge is 0.493 e. The molecule has 1 rings (SSSR count). The molecule has 0 radical (unpaired) electrons. The van der Waals surface area contributed by atoms with Crippen molar-refractivity contribution in [1.82, 2.24) is 5.32 Å². The van der Waals surface area contributed by atoms with Gasteiger partial charge in [-0.15, -0.1) is 0 Å². The van der Waals surface area contributed by atoms with Crippen molar-refractivity contribution in [3.63, 3.8) is 0 Å². The third-order valence-corrected chi connectivity index (χ3v) is 3.44. The van der Waals surface area contributed by atoms with E-state index < -0.39 is 5.54 Å². The summed E-state index contributed by atoms with van der Waals surface area (Å²) in [5.41, 5.74) is 0.331. The summed E-state index contributed by atoms with van der Waals surface area (Å²) in [5, 5.41) is 21.5. The van der Waals surface area contributed by atoms with E-state index in [4.69, 9.17) is 4.74 Å². The molecule has 0 aliphatic heterocycles. The summed E-state index contributed by atoms with van der Waals surface area (Å²) in [6.45, 7) is 2.52. The lowest BCUT2D eigenvalue weighted by atomic mass is 9.92. The van der Waals surface area contributed by atoms with Crippen molar-refractivity contribution in [2.75, 3.05) is 13.7 Å². The molecule has 1 aromatic rings. The quantitative estimate of drug-likeness (QED) is 0.705. The fourth-order valence-corrected chi connectivity index (χ4v) is 2.00. The molecule has 4 heteroatoms. The number of ether oxygens (including phenoxy) is 1. The fourth-order valence-electron chi connectivity index (χ4n) is 2.00. The number of aliphatic hydroxyl groups excluding tert-OH is 1. The number of rotatable bonds is 8. The number of nitrogens with zero attached hydrogens (tertiary/aromatic N) is 1. The SMILES string of the molecule is CCC(C#N)(CCCOc1ccccc1CO)NC. The van der Waals surface area contributed by atoms with E-state index in [9.17, 15) is 10.4 Å². The van der Waals surface area contributed by atoms with E-state index in [2.05, 4.69) is 11.4 Å². The Morgan fingerprint density at radius 2 is 2.16 bits per heavy atom. The van der Waals surface area contributed by atoms with Gasteiger partial charge in [-0.25, -0.2) is 0 Å². The van der Waals surface area contributed by atoms with Crippen molar-refractivity contribution in [2.45, 2.75) is 38.3 Å². The molecule has 0 bridgehead atoms. The standard InChI is InChI=1S/C15H22N2O2/c1-3-15(12-16,17-2)9-6-10-19-14-8-5-4-7-13(14)11-18/h4-5,7-8,17-18H,3,6,9-11H2,1-2H3. The summed E-state index contributed by atoms with van der Waals surface area (Å²) in [6, 6.07) is 9.77. The average molecular weight is 262 g/mol. The Morgan fingerprint density at radius 3 is 2.74 bits per heavy atom. The van der Waals surface area contributed by atoms with Crippen LogP contribution in [0, 0.1) is 11.3 Å². The zero-order valence-electron chi connectivity index (χ0n) is 11.6. The fraction of sp³-hybridized carbons (Fsp3) is 0.533. The summed E-state index contributed by atoms with van der Waals surface area (Å²) >= 11 is 0. The maximum Gasteiger partial charge on any atom is 0.124 e. The Morgan fingerprint density at radius 1 is 1.42 bits per heavy atom. The van der Waals surface area contributed by atoms with Gasteiger partial charge in [0.05, 0.1) is 19.3 Å². The third-order valence-electron chi connectivity index (χ3n) is 3.44. The first-order valence-electron chi connectivity index (χ1n) is 6.63. The number of hydrogen-bond donors (Lipinski definition) is 2. The zero-order chi connectivity index (χ0) is 14.1. The molecule has 0 aliphatic rings. The maximum atomic E-state index is 9.19. The van der Waals surface area contributed by atoms with Gasteiger partial charge in [-0.2, -0.15) is 5.26 Å². The molecule has 1 unspecified atom stereocenters. The van der Waals surface area contributed by atoms with Gasteiger partial charge in [-0.3, -0.25) is 0 Å². The van der Waals surface area contributed by atoms with E-state index in [0.717, 1.165) is 24.8 Å². The smallest absolute Gasteiger partial charge is 0.124 e. The van der Waals surface area contributed by atoms with Crippen LogP contribution >= 0.6 is 0 Å². The van der Waals surface area contributed by atoms with E-state index in [1.165, 1.54) is 0 Å². The molecule has 104 valence electrons. The Hall–Kier alpha value is -1.57. The highest BCUT2D eigenvalue weighted by atomic mass is 16.5. The first-order chi connectivity index (χ1) is 9.21. The van der Waals surface area contributed by atoms with Crippen LogP contribution in [0.15, 0.2) is 24.3 Å². The molecule has 4 nitrogen and oxygen atoms in total. The van der Waals surface area contributed by atoms with Gasteiger partial charge in [0, 0.05) is 5.56 Å². The molecule has 0 saturated heterocycles. The lowest BCUT2D eigenvalue weighted by Crippen LogP contribution is -2.41. The summed E-state index contributed by atoms with van der Waals surface area (Å²) in [6.07, 6.45) is 2.31. The van der Waals surface area contributed by atoms with E-state index in [0.29, 0.717) is 12.4 Å². The number of nitrogens with one attached hydrogen (secondary N) is 1. The first kappa shape index (κ1) is 15.5. The van der Waals surface area contributed by atoms with Crippen molar-refractivity contribution in [2.24, 2.45) is 0 Å². The van der Waals surface area contributed by atoms with Crippen LogP contribution in [0.2, 0.25) is 0 Å². The van der Waals surface area contributed by atoms with Gasteiger partial charge in [-0.05, 0) is 32.4 Å². The predicted octanol–water partition coefficient (Wildman–Crippen LogP) is 2.23. The van der Waals surface area contributed by atoms with E-state index in [-0.39, 0.29) is 6.61 Å². The molecule has 0 saturated carbocycles. The number of aliphatic hydroxyl groups is 1. The molecule has 0 spiro atoms. The average Bonchev–Trinajstić information content (AvgIpc) is 2.48. The van der Waals surface area contributed by atoms with Crippen LogP contribution < -0.4 is 10.1 Å². The first-order valence-corrected chi connectivity index (χ1v) is 6.63. The van der Waals surface area contributed by atoms with E-state index in [1.54, 1.807) is 0 Å². The second-order valence-corrected chi connectivity index (χ2v) is 4.52. The van der Waals surface area contributed by atoms with Crippen molar-refractivity contribution in [3.05, 3.63) is 29.8 Å². The highest BCUT2D eigenvalue weighted by molar-refractivity contribution is 5.32. The second-order valence-electron chi connectivity index (χ2n) is 4.52. The number of benzene rings is 1. The van der Waals surface area contributed by atoms with Gasteiger partial charge in [0.25, 0.3) is 0 Å². The molecule has 0 fully saturated rings. The third kappa shape index (κ3) is 4.23. The van der Waals surface area contributed by atoms with Gasteiger partial charge in [0.1, 0.15) is 11.3 Å². The van der Waals surface area contributed by atoms with Crippen LogP contribution in [0.1, 0.15) is 31.7 Å². The molecule has 19 heavy (non-hydrogen) atoms. The van der Waals surface area contributed by atoms with Crippen LogP contribution in [0.5, 0.6) is 5.75 Å². The number of para-hydroxylation sites is 1. The van der Waals surface area contributed by atoms with Gasteiger partial charge in [0.2, 0.25) is 0 Å². The monoisotopic (exact) mass is 262 g/mol. The minimum Gasteiger partial charge on any atom is -0.493 e. The zero-order valence-corrected chi connectivity index (χ0v) is 11.6. The summed E-state index contributed by atoms with van der Waals surface area (Å²) in [7, 11) is 1.81. The van der Waals surface area contributed by atoms with Crippen LogP contribution in [0.25, 0.3) is 0 Å². The Bertz CT molecular complexity index is 422. The van der Waals surface area contributed by atoms with E-state index >= 15 is 0 Å². The maximum absolute atomic E-state index is 9.19. The van der Waals surface area contributed by atoms with Crippen molar-refractivity contribution < 1.29 is 9.84 Å². The molecule has 0 aliphatic carbocycles. The van der Waals surface area contributed by atoms with Gasteiger partial charge in [0.15, 0.2) is 0 Å². The second kappa shape index (κ2) is 7.78.